The summed E-state index contributed by atoms with van der Waals surface area (Å²) in [6.07, 6.45) is 1.12. The van der Waals surface area contributed by atoms with Crippen molar-refractivity contribution in [1.29, 1.82) is 0 Å². The first-order chi connectivity index (χ1) is 8.15. The molecule has 1 atom stereocenters. The fraction of sp³-hybridized carbons (Fsp3) is 0.538. The van der Waals surface area contributed by atoms with Gasteiger partial charge in [-0.2, -0.15) is 0 Å². The molecule has 1 aromatic rings. The zero-order chi connectivity index (χ0) is 12.3. The Bertz CT molecular complexity index is 380. The summed E-state index contributed by atoms with van der Waals surface area (Å²) < 4.78 is 18.6. The highest BCUT2D eigenvalue weighted by atomic mass is 35.5. The van der Waals surface area contributed by atoms with Crippen molar-refractivity contribution in [3.05, 3.63) is 34.6 Å². The molecule has 1 fully saturated rings. The van der Waals surface area contributed by atoms with Gasteiger partial charge in [0, 0.05) is 19.7 Å². The molecule has 1 aliphatic rings. The normalized spacial score (nSPS) is 20.1. The maximum atomic E-state index is 13.3. The molecule has 2 nitrogen and oxygen atoms in total. The van der Waals surface area contributed by atoms with Crippen LogP contribution >= 0.6 is 11.6 Å². The molecular formula is C13H17ClFNO. The number of hydrogen-bond donors (Lipinski definition) is 0. The van der Waals surface area contributed by atoms with Gasteiger partial charge in [0.15, 0.2) is 0 Å². The first-order valence-corrected chi connectivity index (χ1v) is 6.23. The zero-order valence-electron chi connectivity index (χ0n) is 9.96. The summed E-state index contributed by atoms with van der Waals surface area (Å²) in [6, 6.07) is 4.98. The van der Waals surface area contributed by atoms with E-state index in [0.717, 1.165) is 38.3 Å². The van der Waals surface area contributed by atoms with E-state index >= 15 is 0 Å². The first kappa shape index (κ1) is 12.8. The van der Waals surface area contributed by atoms with Gasteiger partial charge in [0.2, 0.25) is 0 Å². The Morgan fingerprint density at radius 3 is 3.00 bits per heavy atom. The summed E-state index contributed by atoms with van der Waals surface area (Å²) in [5.74, 6) is 0.263. The zero-order valence-corrected chi connectivity index (χ0v) is 10.7. The molecule has 1 aliphatic heterocycles. The van der Waals surface area contributed by atoms with E-state index in [1.54, 1.807) is 6.07 Å². The van der Waals surface area contributed by atoms with E-state index in [2.05, 4.69) is 4.90 Å². The van der Waals surface area contributed by atoms with Crippen LogP contribution in [0.25, 0.3) is 0 Å². The third-order valence-corrected chi connectivity index (χ3v) is 3.34. The van der Waals surface area contributed by atoms with Crippen LogP contribution in [0.1, 0.15) is 12.0 Å². The van der Waals surface area contributed by atoms with E-state index < -0.39 is 0 Å². The lowest BCUT2D eigenvalue weighted by Crippen LogP contribution is -2.25. The number of benzene rings is 1. The third-order valence-electron chi connectivity index (χ3n) is 3.03. The van der Waals surface area contributed by atoms with E-state index in [1.165, 1.54) is 6.07 Å². The summed E-state index contributed by atoms with van der Waals surface area (Å²) in [4.78, 5) is 2.20. The number of hydrogen-bond acceptors (Lipinski definition) is 2. The van der Waals surface area contributed by atoms with Gasteiger partial charge in [0.1, 0.15) is 5.82 Å². The van der Waals surface area contributed by atoms with Crippen molar-refractivity contribution in [2.75, 3.05) is 26.8 Å². The minimum atomic E-state index is -0.346. The molecular weight excluding hydrogens is 241 g/mol. The van der Waals surface area contributed by atoms with Gasteiger partial charge >= 0.3 is 0 Å². The van der Waals surface area contributed by atoms with Crippen molar-refractivity contribution in [1.82, 2.24) is 4.90 Å². The molecule has 17 heavy (non-hydrogen) atoms. The van der Waals surface area contributed by atoms with Gasteiger partial charge < -0.3 is 9.64 Å². The number of ether oxygens (including phenoxy) is 1. The van der Waals surface area contributed by atoms with Crippen LogP contribution in [0.5, 0.6) is 0 Å². The fourth-order valence-electron chi connectivity index (χ4n) is 2.18. The molecule has 0 saturated carbocycles. The molecule has 1 heterocycles. The first-order valence-electron chi connectivity index (χ1n) is 5.85. The van der Waals surface area contributed by atoms with Crippen LogP contribution < -0.4 is 0 Å². The van der Waals surface area contributed by atoms with Crippen LogP contribution in [-0.2, 0) is 11.3 Å². The van der Waals surface area contributed by atoms with E-state index in [9.17, 15) is 4.39 Å². The van der Waals surface area contributed by atoms with Gasteiger partial charge in [-0.15, -0.1) is 0 Å². The van der Waals surface area contributed by atoms with E-state index in [4.69, 9.17) is 16.3 Å². The van der Waals surface area contributed by atoms with Gasteiger partial charge in [-0.05, 0) is 37.1 Å². The number of rotatable bonds is 4. The van der Waals surface area contributed by atoms with Crippen molar-refractivity contribution in [3.8, 4) is 0 Å². The maximum absolute atomic E-state index is 13.3. The molecule has 0 radical (unpaired) electrons. The molecule has 1 aromatic carbocycles. The molecule has 0 spiro atoms. The summed E-state index contributed by atoms with van der Waals surface area (Å²) >= 11 is 5.65. The summed E-state index contributed by atoms with van der Waals surface area (Å²) in [6.45, 7) is 3.45. The molecule has 2 rings (SSSR count). The van der Waals surface area contributed by atoms with Crippen LogP contribution in [0.15, 0.2) is 18.2 Å². The summed E-state index contributed by atoms with van der Waals surface area (Å²) in [5, 5.41) is 0.181. The Kier molecular flexibility index (Phi) is 4.37. The second-order valence-electron chi connectivity index (χ2n) is 4.67. The lowest BCUT2D eigenvalue weighted by atomic mass is 10.1. The van der Waals surface area contributed by atoms with Gasteiger partial charge in [0.25, 0.3) is 0 Å². The van der Waals surface area contributed by atoms with Gasteiger partial charge in [0.05, 0.1) is 11.6 Å². The minimum Gasteiger partial charge on any atom is -0.381 e. The predicted octanol–water partition coefficient (Wildman–Crippen LogP) is 2.95. The van der Waals surface area contributed by atoms with Crippen LogP contribution in [0, 0.1) is 11.7 Å². The molecule has 0 aromatic heterocycles. The Labute approximate surface area is 106 Å². The average Bonchev–Trinajstić information content (AvgIpc) is 2.76. The average molecular weight is 258 g/mol. The Morgan fingerprint density at radius 2 is 2.35 bits per heavy atom. The molecule has 0 amide bonds. The SMILES string of the molecule is CN(Cc1ccc(Cl)c(F)c1)C[C@H]1CCOC1. The summed E-state index contributed by atoms with van der Waals surface area (Å²) in [7, 11) is 2.05. The van der Waals surface area contributed by atoms with Crippen molar-refractivity contribution < 1.29 is 9.13 Å². The molecule has 1 saturated heterocycles. The van der Waals surface area contributed by atoms with E-state index in [1.807, 2.05) is 13.1 Å². The monoisotopic (exact) mass is 257 g/mol. The Morgan fingerprint density at radius 1 is 1.53 bits per heavy atom. The number of halogens is 2. The van der Waals surface area contributed by atoms with Crippen LogP contribution in [0.2, 0.25) is 5.02 Å². The number of nitrogens with zero attached hydrogens (tertiary/aromatic N) is 1. The predicted molar refractivity (Wildman–Crippen MR) is 66.7 cm³/mol. The topological polar surface area (TPSA) is 12.5 Å². The Balaban J connectivity index is 1.88. The van der Waals surface area contributed by atoms with Crippen LogP contribution in [-0.4, -0.2) is 31.7 Å². The molecule has 94 valence electrons. The van der Waals surface area contributed by atoms with E-state index in [0.29, 0.717) is 5.92 Å². The van der Waals surface area contributed by atoms with Crippen molar-refractivity contribution in [3.63, 3.8) is 0 Å². The highest BCUT2D eigenvalue weighted by Crippen LogP contribution is 2.18. The highest BCUT2D eigenvalue weighted by molar-refractivity contribution is 6.30. The van der Waals surface area contributed by atoms with Gasteiger partial charge in [-0.1, -0.05) is 17.7 Å². The maximum Gasteiger partial charge on any atom is 0.142 e. The second-order valence-corrected chi connectivity index (χ2v) is 5.08. The third kappa shape index (κ3) is 3.66. The molecule has 0 N–H and O–H groups in total. The lowest BCUT2D eigenvalue weighted by Gasteiger charge is -2.20. The standard InChI is InChI=1S/C13H17ClFNO/c1-16(8-11-4-5-17-9-11)7-10-2-3-12(14)13(15)6-10/h2-3,6,11H,4-5,7-9H2,1H3/t11-/m1/s1. The van der Waals surface area contributed by atoms with Crippen molar-refractivity contribution >= 4 is 11.6 Å². The smallest absolute Gasteiger partial charge is 0.142 e. The fourth-order valence-corrected chi connectivity index (χ4v) is 2.30. The summed E-state index contributed by atoms with van der Waals surface area (Å²) in [5.41, 5.74) is 0.952. The minimum absolute atomic E-state index is 0.181. The molecule has 4 heteroatoms. The Hall–Kier alpha value is -0.640. The van der Waals surface area contributed by atoms with Crippen molar-refractivity contribution in [2.45, 2.75) is 13.0 Å². The molecule has 0 aliphatic carbocycles. The quantitative estimate of drug-likeness (QED) is 0.822. The largest absolute Gasteiger partial charge is 0.381 e. The van der Waals surface area contributed by atoms with Gasteiger partial charge in [-0.3, -0.25) is 0 Å². The van der Waals surface area contributed by atoms with Crippen LogP contribution in [0.3, 0.4) is 0 Å². The molecule has 0 unspecified atom stereocenters. The van der Waals surface area contributed by atoms with E-state index in [-0.39, 0.29) is 10.8 Å². The second kappa shape index (κ2) is 5.80. The van der Waals surface area contributed by atoms with Crippen LogP contribution in [0.4, 0.5) is 4.39 Å². The highest BCUT2D eigenvalue weighted by Gasteiger charge is 2.17. The van der Waals surface area contributed by atoms with Gasteiger partial charge in [-0.25, -0.2) is 4.39 Å². The molecule has 0 bridgehead atoms. The van der Waals surface area contributed by atoms with Crippen molar-refractivity contribution in [2.24, 2.45) is 5.92 Å². The lowest BCUT2D eigenvalue weighted by molar-refractivity contribution is 0.173.